The van der Waals surface area contributed by atoms with Crippen molar-refractivity contribution in [1.82, 2.24) is 0 Å². The molecule has 8 nitrogen and oxygen atoms in total. The minimum absolute atomic E-state index is 0.216. The molecule has 0 aliphatic carbocycles. The quantitative estimate of drug-likeness (QED) is 0.253. The summed E-state index contributed by atoms with van der Waals surface area (Å²) in [7, 11) is 0. The Kier molecular flexibility index (Phi) is 9.52. The lowest BCUT2D eigenvalue weighted by Gasteiger charge is -2.04. The van der Waals surface area contributed by atoms with Crippen molar-refractivity contribution in [2.75, 3.05) is 39.6 Å². The first kappa shape index (κ1) is 12.8. The monoisotopic (exact) mass is 236 g/mol. The largest absolute Gasteiger partial charge is 0.393 e. The summed E-state index contributed by atoms with van der Waals surface area (Å²) >= 11 is 0. The van der Waals surface area contributed by atoms with Crippen LogP contribution in [-0.2, 0) is 23.9 Å². The molecule has 0 aromatic carbocycles. The molecule has 0 bridgehead atoms. The number of ether oxygens (including phenoxy) is 2. The molecule has 0 radical (unpaired) electrons. The van der Waals surface area contributed by atoms with E-state index in [1.807, 2.05) is 0 Å². The molecular formula is C8H17N3O5. The molecule has 0 aliphatic heterocycles. The van der Waals surface area contributed by atoms with Gasteiger partial charge in [0.25, 0.3) is 5.91 Å². The molecule has 4 N–H and O–H groups in total. The molecule has 0 unspecified atom stereocenters. The van der Waals surface area contributed by atoms with Crippen molar-refractivity contribution in [3.05, 3.63) is 0 Å². The summed E-state index contributed by atoms with van der Waals surface area (Å²) in [4.78, 5) is 19.4. The lowest BCUT2D eigenvalue weighted by atomic mass is 10.7. The number of primary amides is 1. The standard InChI is InChI=1S/C8H17N3O5/c9-8(12)7-11-16-6-4-14-2-1-13-3-5-15-10/h7H,1-6,10H2,(H2,9,12)/i/hD. The van der Waals surface area contributed by atoms with Crippen molar-refractivity contribution in [1.29, 1.82) is 0 Å². The van der Waals surface area contributed by atoms with Gasteiger partial charge < -0.3 is 24.9 Å². The summed E-state index contributed by atoms with van der Waals surface area (Å²) in [5, 5.41) is 3.30. The van der Waals surface area contributed by atoms with Crippen LogP contribution >= 0.6 is 0 Å². The number of hydrogen-bond donors (Lipinski definition) is 2. The van der Waals surface area contributed by atoms with Crippen LogP contribution in [0, 0.1) is 0 Å². The maximum Gasteiger partial charge on any atom is 0.263 e. The molecule has 0 rings (SSSR count). The molecule has 0 aromatic rings. The molecule has 0 fully saturated rings. The Morgan fingerprint density at radius 2 is 1.81 bits per heavy atom. The van der Waals surface area contributed by atoms with Crippen molar-refractivity contribution in [3.8, 4) is 0 Å². The number of carbonyl (C=O) groups excluding carboxylic acids is 1. The number of nitrogens with zero attached hydrogens (tertiary/aromatic N) is 1. The highest BCUT2D eigenvalue weighted by Crippen LogP contribution is 1.81. The van der Waals surface area contributed by atoms with E-state index in [0.717, 1.165) is 6.21 Å². The van der Waals surface area contributed by atoms with E-state index in [9.17, 15) is 4.79 Å². The first-order valence-electron chi connectivity index (χ1n) is 5.15. The molecule has 0 aliphatic rings. The van der Waals surface area contributed by atoms with Crippen LogP contribution in [0.3, 0.4) is 0 Å². The molecule has 0 atom stereocenters. The number of amides is 1. The molecule has 0 aromatic heterocycles. The lowest BCUT2D eigenvalue weighted by Crippen LogP contribution is -2.13. The molecule has 0 saturated carbocycles. The summed E-state index contributed by atoms with van der Waals surface area (Å²) < 4.78 is 16.6. The normalized spacial score (nSPS) is 11.4. The number of carbonyl (C=O) groups is 1. The SMILES string of the molecule is [2H]NC(=O)C=NOCCOCCOCCON. The zero-order chi connectivity index (χ0) is 12.8. The highest BCUT2D eigenvalue weighted by atomic mass is 16.6. The minimum Gasteiger partial charge on any atom is -0.393 e. The fraction of sp³-hybridized carbons (Fsp3) is 0.750. The Labute approximate surface area is 94.9 Å². The van der Waals surface area contributed by atoms with Crippen LogP contribution in [0.5, 0.6) is 0 Å². The van der Waals surface area contributed by atoms with E-state index in [4.69, 9.17) is 16.8 Å². The maximum absolute atomic E-state index is 10.5. The zero-order valence-corrected chi connectivity index (χ0v) is 8.89. The van der Waals surface area contributed by atoms with Crippen LogP contribution in [0.1, 0.15) is 0 Å². The average Bonchev–Trinajstić information content (AvgIpc) is 2.35. The van der Waals surface area contributed by atoms with Crippen LogP contribution in [0.2, 0.25) is 1.41 Å². The highest BCUT2D eigenvalue weighted by molar-refractivity contribution is 6.25. The Morgan fingerprint density at radius 3 is 2.44 bits per heavy atom. The predicted molar refractivity (Wildman–Crippen MR) is 55.4 cm³/mol. The first-order valence-corrected chi connectivity index (χ1v) is 4.65. The minimum atomic E-state index is -0.651. The summed E-state index contributed by atoms with van der Waals surface area (Å²) in [6.45, 7) is 2.17. The van der Waals surface area contributed by atoms with Gasteiger partial charge in [-0.3, -0.25) is 4.79 Å². The summed E-state index contributed by atoms with van der Waals surface area (Å²) in [5.41, 5.74) is 1.62. The second-order valence-corrected chi connectivity index (χ2v) is 2.53. The van der Waals surface area contributed by atoms with E-state index in [-0.39, 0.29) is 6.61 Å². The van der Waals surface area contributed by atoms with E-state index >= 15 is 0 Å². The Bertz CT molecular complexity index is 217. The van der Waals surface area contributed by atoms with Gasteiger partial charge in [-0.1, -0.05) is 5.16 Å². The van der Waals surface area contributed by atoms with Crippen molar-refractivity contribution in [2.24, 2.45) is 16.8 Å². The second kappa shape index (κ2) is 11.9. The van der Waals surface area contributed by atoms with Gasteiger partial charge in [0, 0.05) is 0 Å². The topological polar surface area (TPSA) is 118 Å². The molecule has 16 heavy (non-hydrogen) atoms. The van der Waals surface area contributed by atoms with Gasteiger partial charge in [0.2, 0.25) is 0 Å². The first-order chi connectivity index (χ1) is 8.31. The van der Waals surface area contributed by atoms with E-state index in [2.05, 4.69) is 14.8 Å². The molecule has 0 saturated heterocycles. The van der Waals surface area contributed by atoms with Crippen LogP contribution < -0.4 is 11.6 Å². The molecule has 94 valence electrons. The van der Waals surface area contributed by atoms with Crippen LogP contribution in [0.4, 0.5) is 0 Å². The van der Waals surface area contributed by atoms with Gasteiger partial charge in [0.1, 0.15) is 12.8 Å². The van der Waals surface area contributed by atoms with E-state index in [0.29, 0.717) is 33.0 Å². The highest BCUT2D eigenvalue weighted by Gasteiger charge is 1.91. The lowest BCUT2D eigenvalue weighted by molar-refractivity contribution is -0.111. The fourth-order valence-corrected chi connectivity index (χ4v) is 0.663. The van der Waals surface area contributed by atoms with Crippen LogP contribution in [-0.4, -0.2) is 51.8 Å². The third-order valence-electron chi connectivity index (χ3n) is 1.28. The van der Waals surface area contributed by atoms with Gasteiger partial charge in [-0.2, -0.15) is 0 Å². The summed E-state index contributed by atoms with van der Waals surface area (Å²) in [5.74, 6) is 4.14. The van der Waals surface area contributed by atoms with E-state index in [1.165, 1.54) is 0 Å². The van der Waals surface area contributed by atoms with Gasteiger partial charge in [-0.25, -0.2) is 5.90 Å². The third-order valence-corrected chi connectivity index (χ3v) is 1.28. The predicted octanol–water partition coefficient (Wildman–Crippen LogP) is -1.60. The Balaban J connectivity index is 3.08. The zero-order valence-electron chi connectivity index (χ0n) is 9.89. The molecular weight excluding hydrogens is 218 g/mol. The van der Waals surface area contributed by atoms with Crippen molar-refractivity contribution in [2.45, 2.75) is 0 Å². The number of oxime groups is 1. The molecule has 0 heterocycles. The Morgan fingerprint density at radius 1 is 1.19 bits per heavy atom. The smallest absolute Gasteiger partial charge is 0.263 e. The van der Waals surface area contributed by atoms with Gasteiger partial charge in [0.15, 0.2) is 1.41 Å². The van der Waals surface area contributed by atoms with Crippen molar-refractivity contribution < 1.29 is 25.4 Å². The maximum atomic E-state index is 10.5. The molecule has 8 heteroatoms. The number of rotatable bonds is 11. The van der Waals surface area contributed by atoms with Gasteiger partial charge in [-0.05, 0) is 0 Å². The van der Waals surface area contributed by atoms with Crippen molar-refractivity contribution >= 4 is 12.1 Å². The summed E-state index contributed by atoms with van der Waals surface area (Å²) in [6, 6.07) is 0. The molecule has 0 spiro atoms. The van der Waals surface area contributed by atoms with Crippen molar-refractivity contribution in [3.63, 3.8) is 0 Å². The van der Waals surface area contributed by atoms with E-state index in [1.54, 1.807) is 5.73 Å². The Hall–Kier alpha value is -1.22. The average molecular weight is 236 g/mol. The van der Waals surface area contributed by atoms with Crippen LogP contribution in [0.15, 0.2) is 5.16 Å². The van der Waals surface area contributed by atoms with Gasteiger partial charge in [0.05, 0.1) is 33.0 Å². The van der Waals surface area contributed by atoms with E-state index < -0.39 is 5.91 Å². The summed E-state index contributed by atoms with van der Waals surface area (Å²) in [6.07, 6.45) is 0.864. The van der Waals surface area contributed by atoms with Crippen LogP contribution in [0.25, 0.3) is 0 Å². The fourth-order valence-electron chi connectivity index (χ4n) is 0.663. The third kappa shape index (κ3) is 12.8. The second-order valence-electron chi connectivity index (χ2n) is 2.53. The van der Waals surface area contributed by atoms with Gasteiger partial charge >= 0.3 is 0 Å². The molecule has 1 amide bonds. The number of hydrogen-bond acceptors (Lipinski definition) is 7. The van der Waals surface area contributed by atoms with Gasteiger partial charge in [-0.15, -0.1) is 0 Å². The number of nitrogens with two attached hydrogens (primary N) is 2.